The molecule has 0 aliphatic carbocycles. The van der Waals surface area contributed by atoms with Gasteiger partial charge in [-0.05, 0) is 41.0 Å². The van der Waals surface area contributed by atoms with Crippen molar-refractivity contribution < 1.29 is 4.79 Å². The van der Waals surface area contributed by atoms with Crippen molar-refractivity contribution in [2.75, 3.05) is 5.32 Å². The number of benzene rings is 2. The van der Waals surface area contributed by atoms with E-state index in [0.29, 0.717) is 0 Å². The van der Waals surface area contributed by atoms with Crippen LogP contribution in [-0.4, -0.2) is 10.9 Å². The smallest absolute Gasteiger partial charge is 0.245 e. The number of carbonyl (C=O) groups excluding carboxylic acids is 1. The minimum atomic E-state index is -0.684. The lowest BCUT2D eigenvalue weighted by atomic mass is 10.1. The summed E-state index contributed by atoms with van der Waals surface area (Å²) in [6.45, 7) is 0. The summed E-state index contributed by atoms with van der Waals surface area (Å²) >= 11 is 0. The molecule has 1 atom stereocenters. The van der Waals surface area contributed by atoms with Crippen LogP contribution in [0.25, 0.3) is 11.1 Å². The van der Waals surface area contributed by atoms with E-state index in [1.807, 2.05) is 66.7 Å². The molecule has 0 saturated heterocycles. The summed E-state index contributed by atoms with van der Waals surface area (Å²) in [6, 6.07) is 20.2. The lowest BCUT2D eigenvalue weighted by Crippen LogP contribution is -2.27. The summed E-state index contributed by atoms with van der Waals surface area (Å²) < 4.78 is 0. The Morgan fingerprint density at radius 1 is 0.870 bits per heavy atom. The molecule has 0 fully saturated rings. The zero-order valence-electron chi connectivity index (χ0n) is 12.5. The molecule has 0 aliphatic rings. The summed E-state index contributed by atoms with van der Waals surface area (Å²) in [5.41, 5.74) is 9.65. The first-order chi connectivity index (χ1) is 11.2. The quantitative estimate of drug-likeness (QED) is 0.776. The molecule has 0 spiro atoms. The summed E-state index contributed by atoms with van der Waals surface area (Å²) in [5.74, 6) is -0.229. The van der Waals surface area contributed by atoms with Crippen molar-refractivity contribution >= 4 is 11.6 Å². The van der Waals surface area contributed by atoms with Gasteiger partial charge < -0.3 is 11.1 Å². The maximum absolute atomic E-state index is 12.2. The van der Waals surface area contributed by atoms with Crippen LogP contribution in [0.4, 0.5) is 5.69 Å². The Bertz CT molecular complexity index is 771. The highest BCUT2D eigenvalue weighted by atomic mass is 16.2. The Morgan fingerprint density at radius 2 is 1.48 bits per heavy atom. The molecular formula is C19H17N3O. The van der Waals surface area contributed by atoms with Crippen molar-refractivity contribution in [2.45, 2.75) is 6.04 Å². The second kappa shape index (κ2) is 6.85. The van der Waals surface area contributed by atoms with Gasteiger partial charge in [-0.25, -0.2) is 0 Å². The van der Waals surface area contributed by atoms with Crippen LogP contribution in [0.15, 0.2) is 79.1 Å². The van der Waals surface area contributed by atoms with Gasteiger partial charge in [-0.3, -0.25) is 9.78 Å². The molecule has 1 aromatic heterocycles. The van der Waals surface area contributed by atoms with E-state index < -0.39 is 6.04 Å². The number of nitrogens with zero attached hydrogens (tertiary/aromatic N) is 1. The molecule has 114 valence electrons. The van der Waals surface area contributed by atoms with E-state index >= 15 is 0 Å². The van der Waals surface area contributed by atoms with E-state index in [4.69, 9.17) is 5.73 Å². The molecule has 3 N–H and O–H groups in total. The Balaban J connectivity index is 1.70. The van der Waals surface area contributed by atoms with Crippen molar-refractivity contribution in [3.8, 4) is 11.1 Å². The van der Waals surface area contributed by atoms with Crippen LogP contribution < -0.4 is 11.1 Å². The maximum Gasteiger partial charge on any atom is 0.245 e. The molecule has 3 rings (SSSR count). The van der Waals surface area contributed by atoms with Gasteiger partial charge in [0.1, 0.15) is 6.04 Å². The molecule has 0 bridgehead atoms. The summed E-state index contributed by atoms with van der Waals surface area (Å²) in [5, 5.41) is 2.84. The van der Waals surface area contributed by atoms with E-state index in [2.05, 4.69) is 10.3 Å². The fraction of sp³-hybridized carbons (Fsp3) is 0.0526. The molecule has 1 amide bonds. The van der Waals surface area contributed by atoms with E-state index in [0.717, 1.165) is 22.4 Å². The highest BCUT2D eigenvalue weighted by molar-refractivity contribution is 5.95. The highest BCUT2D eigenvalue weighted by Gasteiger charge is 2.15. The van der Waals surface area contributed by atoms with Gasteiger partial charge in [0.25, 0.3) is 0 Å². The molecule has 0 saturated carbocycles. The molecule has 0 radical (unpaired) electrons. The number of aromatic nitrogens is 1. The molecular weight excluding hydrogens is 286 g/mol. The van der Waals surface area contributed by atoms with E-state index in [1.54, 1.807) is 12.4 Å². The number of pyridine rings is 1. The number of hydrogen-bond donors (Lipinski definition) is 2. The zero-order chi connectivity index (χ0) is 16.1. The van der Waals surface area contributed by atoms with Crippen LogP contribution in [0.3, 0.4) is 0 Å². The largest absolute Gasteiger partial charge is 0.324 e. The number of hydrogen-bond acceptors (Lipinski definition) is 3. The normalized spacial score (nSPS) is 11.7. The average Bonchev–Trinajstić information content (AvgIpc) is 2.63. The summed E-state index contributed by atoms with van der Waals surface area (Å²) in [7, 11) is 0. The number of anilines is 1. The van der Waals surface area contributed by atoms with Crippen molar-refractivity contribution in [1.82, 2.24) is 4.98 Å². The van der Waals surface area contributed by atoms with Crippen molar-refractivity contribution in [2.24, 2.45) is 5.73 Å². The third-order valence-corrected chi connectivity index (χ3v) is 3.61. The molecule has 2 aromatic carbocycles. The van der Waals surface area contributed by atoms with Crippen LogP contribution in [0, 0.1) is 0 Å². The molecule has 4 nitrogen and oxygen atoms in total. The van der Waals surface area contributed by atoms with Crippen molar-refractivity contribution in [1.29, 1.82) is 0 Å². The molecule has 0 aliphatic heterocycles. The Labute approximate surface area is 135 Å². The van der Waals surface area contributed by atoms with Gasteiger partial charge in [0.15, 0.2) is 0 Å². The Hall–Kier alpha value is -2.98. The lowest BCUT2D eigenvalue weighted by molar-refractivity contribution is -0.117. The molecule has 3 aromatic rings. The predicted octanol–water partition coefficient (Wildman–Crippen LogP) is 3.39. The van der Waals surface area contributed by atoms with Crippen molar-refractivity contribution in [3.05, 3.63) is 84.7 Å². The topological polar surface area (TPSA) is 68.0 Å². The minimum Gasteiger partial charge on any atom is -0.324 e. The molecule has 23 heavy (non-hydrogen) atoms. The molecule has 1 unspecified atom stereocenters. The first kappa shape index (κ1) is 14.9. The Kier molecular flexibility index (Phi) is 4.45. The van der Waals surface area contributed by atoms with E-state index in [-0.39, 0.29) is 5.91 Å². The van der Waals surface area contributed by atoms with Gasteiger partial charge in [0.2, 0.25) is 5.91 Å². The Morgan fingerprint density at radius 3 is 2.13 bits per heavy atom. The number of rotatable bonds is 4. The standard InChI is InChI=1S/C19H17N3O/c20-18(16-4-2-1-3-5-16)19(23)22-17-8-6-14(7-9-17)15-10-12-21-13-11-15/h1-13,18H,20H2,(H,22,23). The lowest BCUT2D eigenvalue weighted by Gasteiger charge is -2.13. The van der Waals surface area contributed by atoms with Gasteiger partial charge in [0.05, 0.1) is 0 Å². The van der Waals surface area contributed by atoms with Crippen LogP contribution in [0.1, 0.15) is 11.6 Å². The predicted molar refractivity (Wildman–Crippen MR) is 91.7 cm³/mol. The minimum absolute atomic E-state index is 0.229. The number of nitrogens with two attached hydrogens (primary N) is 1. The van der Waals surface area contributed by atoms with Gasteiger partial charge in [-0.1, -0.05) is 42.5 Å². The third-order valence-electron chi connectivity index (χ3n) is 3.61. The fourth-order valence-corrected chi connectivity index (χ4v) is 2.32. The van der Waals surface area contributed by atoms with Crippen LogP contribution in [0.5, 0.6) is 0 Å². The second-order valence-electron chi connectivity index (χ2n) is 5.19. The summed E-state index contributed by atoms with van der Waals surface area (Å²) in [4.78, 5) is 16.2. The van der Waals surface area contributed by atoms with Gasteiger partial charge in [0, 0.05) is 18.1 Å². The van der Waals surface area contributed by atoms with E-state index in [9.17, 15) is 4.79 Å². The van der Waals surface area contributed by atoms with Gasteiger partial charge in [-0.2, -0.15) is 0 Å². The van der Waals surface area contributed by atoms with Crippen molar-refractivity contribution in [3.63, 3.8) is 0 Å². The molecule has 4 heteroatoms. The number of carbonyl (C=O) groups is 1. The summed E-state index contributed by atoms with van der Waals surface area (Å²) in [6.07, 6.45) is 3.51. The first-order valence-electron chi connectivity index (χ1n) is 7.36. The van der Waals surface area contributed by atoms with Gasteiger partial charge in [-0.15, -0.1) is 0 Å². The van der Waals surface area contributed by atoms with Gasteiger partial charge >= 0.3 is 0 Å². The van der Waals surface area contributed by atoms with Crippen LogP contribution >= 0.6 is 0 Å². The number of nitrogens with one attached hydrogen (secondary N) is 1. The second-order valence-corrected chi connectivity index (χ2v) is 5.19. The average molecular weight is 303 g/mol. The van der Waals surface area contributed by atoms with Crippen LogP contribution in [-0.2, 0) is 4.79 Å². The maximum atomic E-state index is 12.2. The number of amides is 1. The third kappa shape index (κ3) is 3.62. The molecule has 1 heterocycles. The highest BCUT2D eigenvalue weighted by Crippen LogP contribution is 2.21. The first-order valence-corrected chi connectivity index (χ1v) is 7.36. The van der Waals surface area contributed by atoms with E-state index in [1.165, 1.54) is 0 Å². The van der Waals surface area contributed by atoms with Crippen LogP contribution in [0.2, 0.25) is 0 Å². The SMILES string of the molecule is NC(C(=O)Nc1ccc(-c2ccncc2)cc1)c1ccccc1. The monoisotopic (exact) mass is 303 g/mol. The fourth-order valence-electron chi connectivity index (χ4n) is 2.32. The zero-order valence-corrected chi connectivity index (χ0v) is 12.5.